The molecular formula is C17H18N4O2S. The molecule has 1 aliphatic heterocycles. The highest BCUT2D eigenvalue weighted by molar-refractivity contribution is 7.99. The van der Waals surface area contributed by atoms with Crippen molar-refractivity contribution in [3.05, 3.63) is 45.5 Å². The normalized spacial score (nSPS) is 18.3. The first kappa shape index (κ1) is 15.4. The van der Waals surface area contributed by atoms with Crippen molar-refractivity contribution in [1.82, 2.24) is 14.5 Å². The van der Waals surface area contributed by atoms with E-state index in [1.807, 2.05) is 19.1 Å². The molecule has 1 aliphatic carbocycles. The topological polar surface area (TPSA) is 76.9 Å². The number of hydrogen-bond donors (Lipinski definition) is 1. The van der Waals surface area contributed by atoms with Gasteiger partial charge in [0.1, 0.15) is 5.82 Å². The van der Waals surface area contributed by atoms with Crippen LogP contribution in [0.4, 0.5) is 5.82 Å². The van der Waals surface area contributed by atoms with Gasteiger partial charge in [-0.05, 0) is 38.3 Å². The third-order valence-corrected chi connectivity index (χ3v) is 5.55. The molecule has 7 heteroatoms. The molecule has 2 aliphatic rings. The van der Waals surface area contributed by atoms with E-state index in [1.165, 1.54) is 0 Å². The second-order valence-electron chi connectivity index (χ2n) is 6.23. The molecule has 0 fully saturated rings. The van der Waals surface area contributed by atoms with Gasteiger partial charge in [-0.1, -0.05) is 17.8 Å². The van der Waals surface area contributed by atoms with Crippen LogP contribution in [0.15, 0.2) is 28.2 Å². The largest absolute Gasteiger partial charge is 0.311 e. The second kappa shape index (κ2) is 6.05. The maximum Gasteiger partial charge on any atom is 0.257 e. The molecule has 0 unspecified atom stereocenters. The summed E-state index contributed by atoms with van der Waals surface area (Å²) >= 11 is 1.56. The van der Waals surface area contributed by atoms with Crippen molar-refractivity contribution in [3.63, 3.8) is 0 Å². The maximum atomic E-state index is 12.7. The van der Waals surface area contributed by atoms with E-state index in [4.69, 9.17) is 0 Å². The number of carbonyl (C=O) groups is 1. The molecule has 124 valence electrons. The van der Waals surface area contributed by atoms with Crippen molar-refractivity contribution < 1.29 is 4.79 Å². The molecule has 0 bridgehead atoms. The molecule has 0 radical (unpaired) electrons. The summed E-state index contributed by atoms with van der Waals surface area (Å²) in [5, 5.41) is 3.57. The Kier molecular flexibility index (Phi) is 3.88. The number of carbonyl (C=O) groups excluding carboxylic acids is 1. The minimum absolute atomic E-state index is 0.0454. The number of amides is 1. The van der Waals surface area contributed by atoms with Gasteiger partial charge in [0.25, 0.3) is 5.56 Å². The zero-order chi connectivity index (χ0) is 16.7. The average Bonchev–Trinajstić information content (AvgIpc) is 3.15. The Balaban J connectivity index is 1.54. The van der Waals surface area contributed by atoms with Crippen LogP contribution in [0.5, 0.6) is 0 Å². The van der Waals surface area contributed by atoms with Gasteiger partial charge < -0.3 is 5.32 Å². The quantitative estimate of drug-likeness (QED) is 0.865. The van der Waals surface area contributed by atoms with E-state index in [-0.39, 0.29) is 23.9 Å². The van der Waals surface area contributed by atoms with Crippen molar-refractivity contribution >= 4 is 23.5 Å². The Morgan fingerprint density at radius 3 is 3.08 bits per heavy atom. The summed E-state index contributed by atoms with van der Waals surface area (Å²) in [6.07, 6.45) is 2.95. The Morgan fingerprint density at radius 2 is 2.25 bits per heavy atom. The Morgan fingerprint density at radius 1 is 1.38 bits per heavy atom. The third kappa shape index (κ3) is 2.73. The van der Waals surface area contributed by atoms with Crippen molar-refractivity contribution in [2.24, 2.45) is 0 Å². The first-order valence-corrected chi connectivity index (χ1v) is 9.11. The number of aryl methyl sites for hydroxylation is 2. The van der Waals surface area contributed by atoms with E-state index in [0.717, 1.165) is 41.4 Å². The number of thioether (sulfide) groups is 1. The molecule has 24 heavy (non-hydrogen) atoms. The number of pyridine rings is 1. The van der Waals surface area contributed by atoms with Gasteiger partial charge in [-0.3, -0.25) is 14.2 Å². The molecule has 2 aromatic heterocycles. The number of fused-ring (bicyclic) bond motifs is 2. The van der Waals surface area contributed by atoms with Gasteiger partial charge in [0.15, 0.2) is 5.16 Å². The van der Waals surface area contributed by atoms with E-state index < -0.39 is 0 Å². The molecule has 6 nitrogen and oxygen atoms in total. The summed E-state index contributed by atoms with van der Waals surface area (Å²) in [7, 11) is 0. The first-order valence-electron chi connectivity index (χ1n) is 8.12. The SMILES string of the molecule is Cc1cccc(NC(=O)C[C@@H]2CSc3nc4c(c(=O)n32)CCC4)n1. The molecule has 0 aromatic carbocycles. The summed E-state index contributed by atoms with van der Waals surface area (Å²) in [4.78, 5) is 34.0. The smallest absolute Gasteiger partial charge is 0.257 e. The number of aromatic nitrogens is 3. The zero-order valence-electron chi connectivity index (χ0n) is 13.4. The van der Waals surface area contributed by atoms with Crippen LogP contribution in [0.1, 0.15) is 35.8 Å². The van der Waals surface area contributed by atoms with Crippen LogP contribution in [0.3, 0.4) is 0 Å². The highest BCUT2D eigenvalue weighted by atomic mass is 32.2. The van der Waals surface area contributed by atoms with Crippen LogP contribution < -0.4 is 10.9 Å². The fraction of sp³-hybridized carbons (Fsp3) is 0.412. The van der Waals surface area contributed by atoms with Gasteiger partial charge in [-0.15, -0.1) is 0 Å². The van der Waals surface area contributed by atoms with E-state index in [9.17, 15) is 9.59 Å². The van der Waals surface area contributed by atoms with Gasteiger partial charge in [-0.2, -0.15) is 0 Å². The lowest BCUT2D eigenvalue weighted by molar-refractivity contribution is -0.116. The fourth-order valence-electron chi connectivity index (χ4n) is 3.32. The van der Waals surface area contributed by atoms with E-state index in [0.29, 0.717) is 11.6 Å². The predicted molar refractivity (Wildman–Crippen MR) is 92.5 cm³/mol. The first-order chi connectivity index (χ1) is 11.6. The molecule has 0 saturated carbocycles. The van der Waals surface area contributed by atoms with Gasteiger partial charge in [-0.25, -0.2) is 9.97 Å². The van der Waals surface area contributed by atoms with E-state index in [1.54, 1.807) is 22.4 Å². The summed E-state index contributed by atoms with van der Waals surface area (Å²) in [5.74, 6) is 1.13. The Labute approximate surface area is 143 Å². The lowest BCUT2D eigenvalue weighted by Crippen LogP contribution is -2.30. The van der Waals surface area contributed by atoms with Gasteiger partial charge in [0.05, 0.1) is 11.7 Å². The molecule has 3 heterocycles. The van der Waals surface area contributed by atoms with Crippen LogP contribution in [0.2, 0.25) is 0 Å². The fourth-order valence-corrected chi connectivity index (χ4v) is 4.48. The van der Waals surface area contributed by atoms with Gasteiger partial charge in [0, 0.05) is 23.4 Å². The summed E-state index contributed by atoms with van der Waals surface area (Å²) in [6.45, 7) is 1.88. The Bertz CT molecular complexity index is 877. The highest BCUT2D eigenvalue weighted by Gasteiger charge is 2.31. The van der Waals surface area contributed by atoms with Gasteiger partial charge in [0.2, 0.25) is 5.91 Å². The minimum atomic E-state index is -0.138. The van der Waals surface area contributed by atoms with E-state index in [2.05, 4.69) is 15.3 Å². The lowest BCUT2D eigenvalue weighted by Gasteiger charge is -2.14. The van der Waals surface area contributed by atoms with Gasteiger partial charge >= 0.3 is 0 Å². The molecule has 1 atom stereocenters. The second-order valence-corrected chi connectivity index (χ2v) is 7.22. The number of nitrogens with one attached hydrogen (secondary N) is 1. The number of anilines is 1. The number of rotatable bonds is 3. The van der Waals surface area contributed by atoms with Crippen LogP contribution in [-0.2, 0) is 17.6 Å². The number of nitrogens with zero attached hydrogens (tertiary/aromatic N) is 3. The molecule has 1 amide bonds. The van der Waals surface area contributed by atoms with Crippen molar-refractivity contribution in [2.75, 3.05) is 11.1 Å². The molecular weight excluding hydrogens is 324 g/mol. The number of hydrogen-bond acceptors (Lipinski definition) is 5. The molecule has 2 aromatic rings. The lowest BCUT2D eigenvalue weighted by atomic mass is 10.2. The van der Waals surface area contributed by atoms with Crippen molar-refractivity contribution in [1.29, 1.82) is 0 Å². The monoisotopic (exact) mass is 342 g/mol. The standard InChI is InChI=1S/C17H18N4O2S/c1-10-4-2-7-14(18-10)20-15(22)8-11-9-24-17-19-13-6-3-5-12(13)16(23)21(11)17/h2,4,7,11H,3,5-6,8-9H2,1H3,(H,18,20,22)/t11-/m1/s1. The molecule has 4 rings (SSSR count). The predicted octanol–water partition coefficient (Wildman–Crippen LogP) is 2.11. The molecule has 0 saturated heterocycles. The minimum Gasteiger partial charge on any atom is -0.311 e. The van der Waals surface area contributed by atoms with Crippen LogP contribution >= 0.6 is 11.8 Å². The average molecular weight is 342 g/mol. The molecule has 0 spiro atoms. The van der Waals surface area contributed by atoms with Crippen LogP contribution in [0, 0.1) is 6.92 Å². The summed E-state index contributed by atoms with van der Waals surface area (Å²) < 4.78 is 1.72. The van der Waals surface area contributed by atoms with Crippen LogP contribution in [-0.4, -0.2) is 26.2 Å². The highest BCUT2D eigenvalue weighted by Crippen LogP contribution is 2.34. The Hall–Kier alpha value is -2.15. The summed E-state index contributed by atoms with van der Waals surface area (Å²) in [6, 6.07) is 5.37. The maximum absolute atomic E-state index is 12.7. The zero-order valence-corrected chi connectivity index (χ0v) is 14.2. The summed E-state index contributed by atoms with van der Waals surface area (Å²) in [5.41, 5.74) is 2.69. The van der Waals surface area contributed by atoms with Crippen molar-refractivity contribution in [3.8, 4) is 0 Å². The van der Waals surface area contributed by atoms with Crippen LogP contribution in [0.25, 0.3) is 0 Å². The third-order valence-electron chi connectivity index (χ3n) is 4.45. The van der Waals surface area contributed by atoms with Crippen molar-refractivity contribution in [2.45, 2.75) is 43.8 Å². The molecule has 1 N–H and O–H groups in total. The van der Waals surface area contributed by atoms with E-state index >= 15 is 0 Å².